The molecule has 1 aromatic heterocycles. The summed E-state index contributed by atoms with van der Waals surface area (Å²) in [6.07, 6.45) is 9.15. The van der Waals surface area contributed by atoms with E-state index in [1.54, 1.807) is 11.7 Å². The van der Waals surface area contributed by atoms with Crippen LogP contribution in [0.5, 0.6) is 0 Å². The largest absolute Gasteiger partial charge is 0.365 e. The molecule has 1 rings (SSSR count). The molecule has 0 aliphatic carbocycles. The Kier molecular flexibility index (Phi) is 5.86. The van der Waals surface area contributed by atoms with E-state index in [0.29, 0.717) is 24.5 Å². The van der Waals surface area contributed by atoms with Crippen molar-refractivity contribution < 1.29 is 4.92 Å². The number of nitrogens with zero attached hydrogens (tertiary/aromatic N) is 3. The molecule has 104 valence electrons. The number of rotatable bonds is 8. The molecule has 0 aliphatic heterocycles. The molecule has 1 N–H and O–H groups in total. The van der Waals surface area contributed by atoms with Crippen molar-refractivity contribution in [3.63, 3.8) is 0 Å². The summed E-state index contributed by atoms with van der Waals surface area (Å²) in [6, 6.07) is 0. The van der Waals surface area contributed by atoms with Gasteiger partial charge >= 0.3 is 5.69 Å². The molecule has 1 aromatic rings. The molecular weight excluding hydrogens is 244 g/mol. The molecule has 0 unspecified atom stereocenters. The maximum absolute atomic E-state index is 11.2. The number of anilines is 1. The van der Waals surface area contributed by atoms with Gasteiger partial charge in [0, 0.05) is 20.0 Å². The van der Waals surface area contributed by atoms with Crippen molar-refractivity contribution in [1.29, 1.82) is 0 Å². The van der Waals surface area contributed by atoms with Gasteiger partial charge in [0.25, 0.3) is 0 Å². The Labute approximate surface area is 113 Å². The Bertz CT molecular complexity index is 474. The lowest BCUT2D eigenvalue weighted by Crippen LogP contribution is -2.07. The molecule has 6 nitrogen and oxygen atoms in total. The molecule has 0 aliphatic rings. The van der Waals surface area contributed by atoms with Gasteiger partial charge in [0.2, 0.25) is 5.82 Å². The number of nitro groups is 1. The van der Waals surface area contributed by atoms with E-state index in [0.717, 1.165) is 25.7 Å². The second-order valence-corrected chi connectivity index (χ2v) is 4.36. The van der Waals surface area contributed by atoms with Gasteiger partial charge in [-0.3, -0.25) is 10.1 Å². The second kappa shape index (κ2) is 7.41. The van der Waals surface area contributed by atoms with Crippen LogP contribution in [-0.4, -0.2) is 21.2 Å². The fourth-order valence-corrected chi connectivity index (χ4v) is 1.92. The zero-order chi connectivity index (χ0) is 14.3. The van der Waals surface area contributed by atoms with E-state index < -0.39 is 0 Å². The topological polar surface area (TPSA) is 73.0 Å². The maximum Gasteiger partial charge on any atom is 0.333 e. The van der Waals surface area contributed by atoms with Gasteiger partial charge < -0.3 is 5.32 Å². The molecule has 0 fully saturated rings. The lowest BCUT2D eigenvalue weighted by atomic mass is 10.2. The number of hydrogen-bond donors (Lipinski definition) is 1. The number of aryl methyl sites for hydroxylation is 2. The average Bonchev–Trinajstić information content (AvgIpc) is 2.66. The van der Waals surface area contributed by atoms with Crippen molar-refractivity contribution in [1.82, 2.24) is 9.78 Å². The molecule has 0 aromatic carbocycles. The standard InChI is InChI=1S/C13H20N4O2/c1-4-6-7-8-10-14-13-12(17(18)19)11(9-5-2)15-16(13)3/h1,14H,5-10H2,2-3H3. The summed E-state index contributed by atoms with van der Waals surface area (Å²) in [4.78, 5) is 10.8. The highest BCUT2D eigenvalue weighted by Crippen LogP contribution is 2.28. The molecule has 0 spiro atoms. The van der Waals surface area contributed by atoms with Crippen LogP contribution in [0.4, 0.5) is 11.5 Å². The van der Waals surface area contributed by atoms with Crippen molar-refractivity contribution in [3.05, 3.63) is 15.8 Å². The first-order valence-corrected chi connectivity index (χ1v) is 6.49. The summed E-state index contributed by atoms with van der Waals surface area (Å²) in [5.41, 5.74) is 0.641. The van der Waals surface area contributed by atoms with Crippen LogP contribution in [0.15, 0.2) is 0 Å². The van der Waals surface area contributed by atoms with Gasteiger partial charge in [-0.1, -0.05) is 13.3 Å². The zero-order valence-corrected chi connectivity index (χ0v) is 11.5. The summed E-state index contributed by atoms with van der Waals surface area (Å²) in [5, 5.41) is 18.5. The maximum atomic E-state index is 11.2. The van der Waals surface area contributed by atoms with Crippen LogP contribution in [0.25, 0.3) is 0 Å². The number of terminal acetylenes is 1. The van der Waals surface area contributed by atoms with E-state index in [2.05, 4.69) is 16.3 Å². The van der Waals surface area contributed by atoms with E-state index in [1.807, 2.05) is 6.92 Å². The Morgan fingerprint density at radius 3 is 2.84 bits per heavy atom. The molecular formula is C13H20N4O2. The molecule has 0 radical (unpaired) electrons. The molecule has 19 heavy (non-hydrogen) atoms. The van der Waals surface area contributed by atoms with Gasteiger partial charge in [0.15, 0.2) is 0 Å². The van der Waals surface area contributed by atoms with Crippen molar-refractivity contribution in [2.75, 3.05) is 11.9 Å². The van der Waals surface area contributed by atoms with Gasteiger partial charge in [-0.15, -0.1) is 12.3 Å². The van der Waals surface area contributed by atoms with Gasteiger partial charge in [-0.05, 0) is 19.3 Å². The van der Waals surface area contributed by atoms with Gasteiger partial charge in [0.05, 0.1) is 4.92 Å². The molecule has 0 amide bonds. The highest BCUT2D eigenvalue weighted by atomic mass is 16.6. The number of unbranched alkanes of at least 4 members (excludes halogenated alkanes) is 2. The third-order valence-electron chi connectivity index (χ3n) is 2.80. The third kappa shape index (κ3) is 3.98. The van der Waals surface area contributed by atoms with Crippen molar-refractivity contribution in [2.45, 2.75) is 39.0 Å². The van der Waals surface area contributed by atoms with Crippen LogP contribution < -0.4 is 5.32 Å². The minimum atomic E-state index is -0.359. The predicted octanol–water partition coefficient (Wildman–Crippen LogP) is 2.50. The van der Waals surface area contributed by atoms with Crippen molar-refractivity contribution >= 4 is 11.5 Å². The lowest BCUT2D eigenvalue weighted by Gasteiger charge is -2.05. The minimum absolute atomic E-state index is 0.0984. The summed E-state index contributed by atoms with van der Waals surface area (Å²) in [7, 11) is 1.72. The fraction of sp³-hybridized carbons (Fsp3) is 0.615. The van der Waals surface area contributed by atoms with E-state index in [-0.39, 0.29) is 10.6 Å². The van der Waals surface area contributed by atoms with E-state index in [1.165, 1.54) is 0 Å². The van der Waals surface area contributed by atoms with Gasteiger partial charge in [-0.25, -0.2) is 4.68 Å². The quantitative estimate of drug-likeness (QED) is 0.339. The predicted molar refractivity (Wildman–Crippen MR) is 75.0 cm³/mol. The Morgan fingerprint density at radius 2 is 2.26 bits per heavy atom. The van der Waals surface area contributed by atoms with Crippen LogP contribution in [-0.2, 0) is 13.5 Å². The summed E-state index contributed by atoms with van der Waals surface area (Å²) < 4.78 is 1.55. The van der Waals surface area contributed by atoms with Crippen molar-refractivity contribution in [3.8, 4) is 12.3 Å². The zero-order valence-electron chi connectivity index (χ0n) is 11.5. The monoisotopic (exact) mass is 264 g/mol. The van der Waals surface area contributed by atoms with E-state index in [4.69, 9.17) is 6.42 Å². The molecule has 6 heteroatoms. The number of hydrogen-bond acceptors (Lipinski definition) is 4. The highest BCUT2D eigenvalue weighted by Gasteiger charge is 2.25. The molecule has 1 heterocycles. The molecule has 0 saturated heterocycles. The third-order valence-corrected chi connectivity index (χ3v) is 2.80. The Balaban J connectivity index is 2.76. The van der Waals surface area contributed by atoms with Gasteiger partial charge in [0.1, 0.15) is 5.69 Å². The van der Waals surface area contributed by atoms with Crippen LogP contribution in [0.3, 0.4) is 0 Å². The minimum Gasteiger partial charge on any atom is -0.365 e. The first-order valence-electron chi connectivity index (χ1n) is 6.49. The van der Waals surface area contributed by atoms with E-state index in [9.17, 15) is 10.1 Å². The summed E-state index contributed by atoms with van der Waals surface area (Å²) in [6.45, 7) is 2.64. The fourth-order valence-electron chi connectivity index (χ4n) is 1.92. The SMILES string of the molecule is C#CCCCCNc1c([N+](=O)[O-])c(CCC)nn1C. The van der Waals surface area contributed by atoms with Crippen molar-refractivity contribution in [2.24, 2.45) is 7.05 Å². The number of aromatic nitrogens is 2. The Hall–Kier alpha value is -2.03. The average molecular weight is 264 g/mol. The van der Waals surface area contributed by atoms with E-state index >= 15 is 0 Å². The molecule has 0 bridgehead atoms. The van der Waals surface area contributed by atoms with Crippen LogP contribution in [0.2, 0.25) is 0 Å². The Morgan fingerprint density at radius 1 is 1.53 bits per heavy atom. The second-order valence-electron chi connectivity index (χ2n) is 4.36. The first-order chi connectivity index (χ1) is 9.11. The lowest BCUT2D eigenvalue weighted by molar-refractivity contribution is -0.384. The first kappa shape index (κ1) is 15.0. The molecule has 0 saturated carbocycles. The van der Waals surface area contributed by atoms with Crippen LogP contribution >= 0.6 is 0 Å². The normalized spacial score (nSPS) is 10.2. The molecule has 0 atom stereocenters. The van der Waals surface area contributed by atoms with Gasteiger partial charge in [-0.2, -0.15) is 5.10 Å². The smallest absolute Gasteiger partial charge is 0.333 e. The number of nitrogens with one attached hydrogen (secondary N) is 1. The summed E-state index contributed by atoms with van der Waals surface area (Å²) >= 11 is 0. The van der Waals surface area contributed by atoms with Crippen LogP contribution in [0, 0.1) is 22.5 Å². The van der Waals surface area contributed by atoms with Crippen LogP contribution in [0.1, 0.15) is 38.3 Å². The highest BCUT2D eigenvalue weighted by molar-refractivity contribution is 5.59. The summed E-state index contributed by atoms with van der Waals surface area (Å²) in [5.74, 6) is 3.06.